The molecule has 0 fully saturated rings. The molecule has 23 heavy (non-hydrogen) atoms. The fourth-order valence-corrected chi connectivity index (χ4v) is 2.34. The molecule has 0 aliphatic carbocycles. The third kappa shape index (κ3) is 3.22. The molecule has 7 heteroatoms. The van der Waals surface area contributed by atoms with E-state index in [-0.39, 0.29) is 5.91 Å². The Labute approximate surface area is 137 Å². The van der Waals surface area contributed by atoms with Gasteiger partial charge < -0.3 is 20.5 Å². The average Bonchev–Trinajstić information content (AvgIpc) is 2.55. The molecule has 0 atom stereocenters. The maximum absolute atomic E-state index is 12.3. The standard InChI is InChI=1S/C16H13ClN2O4/c17-11-7-13-14(23-6-5-22-13)8-12(11)19-16(21)10-3-1-9(2-4-10)15(18)20/h1-4,7-8H,5-6H2,(H2,18,20)(H,19,21). The zero-order chi connectivity index (χ0) is 16.4. The number of benzene rings is 2. The first-order valence-electron chi connectivity index (χ1n) is 6.85. The van der Waals surface area contributed by atoms with Crippen molar-refractivity contribution < 1.29 is 19.1 Å². The van der Waals surface area contributed by atoms with Gasteiger partial charge in [-0.05, 0) is 24.3 Å². The maximum Gasteiger partial charge on any atom is 0.255 e. The van der Waals surface area contributed by atoms with Gasteiger partial charge in [0, 0.05) is 23.3 Å². The van der Waals surface area contributed by atoms with Gasteiger partial charge in [0.25, 0.3) is 5.91 Å². The second-order valence-corrected chi connectivity index (χ2v) is 5.28. The summed E-state index contributed by atoms with van der Waals surface area (Å²) in [6.45, 7) is 0.901. The third-order valence-electron chi connectivity index (χ3n) is 3.31. The Morgan fingerprint density at radius 3 is 2.17 bits per heavy atom. The van der Waals surface area contributed by atoms with E-state index < -0.39 is 5.91 Å². The Hall–Kier alpha value is -2.73. The van der Waals surface area contributed by atoms with Crippen LogP contribution in [0.5, 0.6) is 11.5 Å². The van der Waals surface area contributed by atoms with Crippen molar-refractivity contribution in [2.75, 3.05) is 18.5 Å². The van der Waals surface area contributed by atoms with E-state index in [9.17, 15) is 9.59 Å². The van der Waals surface area contributed by atoms with Gasteiger partial charge in [0.05, 0.1) is 10.7 Å². The number of rotatable bonds is 3. The van der Waals surface area contributed by atoms with Crippen LogP contribution in [0.3, 0.4) is 0 Å². The van der Waals surface area contributed by atoms with Crippen LogP contribution < -0.4 is 20.5 Å². The molecule has 0 saturated carbocycles. The number of halogens is 1. The molecule has 0 bridgehead atoms. The fourth-order valence-electron chi connectivity index (χ4n) is 2.14. The van der Waals surface area contributed by atoms with Gasteiger partial charge in [-0.15, -0.1) is 0 Å². The number of anilines is 1. The number of carbonyl (C=O) groups excluding carboxylic acids is 2. The lowest BCUT2D eigenvalue weighted by molar-refractivity contribution is 0.0995. The van der Waals surface area contributed by atoms with Crippen molar-refractivity contribution in [3.63, 3.8) is 0 Å². The largest absolute Gasteiger partial charge is 0.486 e. The van der Waals surface area contributed by atoms with Crippen LogP contribution in [0.4, 0.5) is 5.69 Å². The number of nitrogens with one attached hydrogen (secondary N) is 1. The van der Waals surface area contributed by atoms with Crippen molar-refractivity contribution in [3.8, 4) is 11.5 Å². The summed E-state index contributed by atoms with van der Waals surface area (Å²) in [7, 11) is 0. The molecule has 3 N–H and O–H groups in total. The van der Waals surface area contributed by atoms with Crippen molar-refractivity contribution >= 4 is 29.1 Å². The highest BCUT2D eigenvalue weighted by Crippen LogP contribution is 2.38. The minimum atomic E-state index is -0.549. The topological polar surface area (TPSA) is 90.7 Å². The van der Waals surface area contributed by atoms with E-state index in [1.165, 1.54) is 24.3 Å². The predicted octanol–water partition coefficient (Wildman–Crippen LogP) is 2.46. The predicted molar refractivity (Wildman–Crippen MR) is 85.4 cm³/mol. The lowest BCUT2D eigenvalue weighted by atomic mass is 10.1. The summed E-state index contributed by atoms with van der Waals surface area (Å²) in [4.78, 5) is 23.3. The Morgan fingerprint density at radius 2 is 1.57 bits per heavy atom. The molecule has 118 valence electrons. The molecule has 2 aromatic carbocycles. The van der Waals surface area contributed by atoms with Gasteiger partial charge in [-0.25, -0.2) is 0 Å². The average molecular weight is 333 g/mol. The molecule has 2 aromatic rings. The number of primary amides is 1. The van der Waals surface area contributed by atoms with Gasteiger partial charge in [-0.1, -0.05) is 11.6 Å². The lowest BCUT2D eigenvalue weighted by Crippen LogP contribution is -2.17. The van der Waals surface area contributed by atoms with Gasteiger partial charge in [-0.3, -0.25) is 9.59 Å². The van der Waals surface area contributed by atoms with Crippen LogP contribution in [-0.2, 0) is 0 Å². The first-order chi connectivity index (χ1) is 11.0. The van der Waals surface area contributed by atoms with Crippen LogP contribution in [0.15, 0.2) is 36.4 Å². The van der Waals surface area contributed by atoms with Crippen molar-refractivity contribution in [2.45, 2.75) is 0 Å². The smallest absolute Gasteiger partial charge is 0.255 e. The molecule has 0 radical (unpaired) electrons. The van der Waals surface area contributed by atoms with Crippen molar-refractivity contribution in [3.05, 3.63) is 52.5 Å². The minimum absolute atomic E-state index is 0.332. The first kappa shape index (κ1) is 15.2. The van der Waals surface area contributed by atoms with E-state index in [4.69, 9.17) is 26.8 Å². The number of nitrogens with two attached hydrogens (primary N) is 1. The van der Waals surface area contributed by atoms with E-state index in [0.29, 0.717) is 46.5 Å². The summed E-state index contributed by atoms with van der Waals surface area (Å²) in [6.07, 6.45) is 0. The highest BCUT2D eigenvalue weighted by Gasteiger charge is 2.17. The van der Waals surface area contributed by atoms with Crippen LogP contribution in [0.25, 0.3) is 0 Å². The van der Waals surface area contributed by atoms with Crippen LogP contribution >= 0.6 is 11.6 Å². The number of fused-ring (bicyclic) bond motifs is 1. The molecule has 6 nitrogen and oxygen atoms in total. The zero-order valence-corrected chi connectivity index (χ0v) is 12.7. The quantitative estimate of drug-likeness (QED) is 0.903. The molecular weight excluding hydrogens is 320 g/mol. The molecule has 0 saturated heterocycles. The molecule has 0 unspecified atom stereocenters. The molecule has 0 aromatic heterocycles. The minimum Gasteiger partial charge on any atom is -0.486 e. The lowest BCUT2D eigenvalue weighted by Gasteiger charge is -2.20. The van der Waals surface area contributed by atoms with Gasteiger partial charge in [-0.2, -0.15) is 0 Å². The van der Waals surface area contributed by atoms with E-state index in [1.807, 2.05) is 0 Å². The van der Waals surface area contributed by atoms with Gasteiger partial charge in [0.2, 0.25) is 5.91 Å². The number of amides is 2. The van der Waals surface area contributed by atoms with Gasteiger partial charge in [0.1, 0.15) is 13.2 Å². The van der Waals surface area contributed by atoms with E-state index >= 15 is 0 Å². The molecule has 0 spiro atoms. The fraction of sp³-hybridized carbons (Fsp3) is 0.125. The Morgan fingerprint density at radius 1 is 1.00 bits per heavy atom. The summed E-state index contributed by atoms with van der Waals surface area (Å²) < 4.78 is 10.9. The van der Waals surface area contributed by atoms with E-state index in [2.05, 4.69) is 5.32 Å². The van der Waals surface area contributed by atoms with Crippen molar-refractivity contribution in [1.82, 2.24) is 0 Å². The van der Waals surface area contributed by atoms with Gasteiger partial charge >= 0.3 is 0 Å². The summed E-state index contributed by atoms with van der Waals surface area (Å²) in [5, 5.41) is 3.05. The van der Waals surface area contributed by atoms with Crippen molar-refractivity contribution in [2.24, 2.45) is 5.73 Å². The SMILES string of the molecule is NC(=O)c1ccc(C(=O)Nc2cc3c(cc2Cl)OCCO3)cc1. The molecule has 1 aliphatic rings. The van der Waals surface area contributed by atoms with E-state index in [0.717, 1.165) is 0 Å². The van der Waals surface area contributed by atoms with Gasteiger partial charge in [0.15, 0.2) is 11.5 Å². The number of hydrogen-bond acceptors (Lipinski definition) is 4. The third-order valence-corrected chi connectivity index (χ3v) is 3.62. The number of carbonyl (C=O) groups is 2. The Bertz CT molecular complexity index is 774. The van der Waals surface area contributed by atoms with Crippen LogP contribution in [0, 0.1) is 0 Å². The highest BCUT2D eigenvalue weighted by molar-refractivity contribution is 6.34. The first-order valence-corrected chi connectivity index (χ1v) is 7.23. The van der Waals surface area contributed by atoms with Crippen LogP contribution in [0.1, 0.15) is 20.7 Å². The molecule has 2 amide bonds. The summed E-state index contributed by atoms with van der Waals surface area (Å²) >= 11 is 6.15. The number of hydrogen-bond donors (Lipinski definition) is 2. The highest BCUT2D eigenvalue weighted by atomic mass is 35.5. The van der Waals surface area contributed by atoms with Crippen molar-refractivity contribution in [1.29, 1.82) is 0 Å². The molecule has 1 heterocycles. The second-order valence-electron chi connectivity index (χ2n) is 4.87. The van der Waals surface area contributed by atoms with E-state index in [1.54, 1.807) is 12.1 Å². The van der Waals surface area contributed by atoms with Crippen LogP contribution in [-0.4, -0.2) is 25.0 Å². The monoisotopic (exact) mass is 332 g/mol. The van der Waals surface area contributed by atoms with Crippen LogP contribution in [0.2, 0.25) is 5.02 Å². The normalized spacial score (nSPS) is 12.6. The second kappa shape index (κ2) is 6.18. The summed E-state index contributed by atoms with van der Waals surface area (Å²) in [5.74, 6) is 0.163. The maximum atomic E-state index is 12.3. The molecule has 3 rings (SSSR count). The summed E-state index contributed by atoms with van der Waals surface area (Å²) in [5.41, 5.74) is 6.29. The Kier molecular flexibility index (Phi) is 4.08. The number of ether oxygens (including phenoxy) is 2. The molecule has 1 aliphatic heterocycles. The zero-order valence-electron chi connectivity index (χ0n) is 12.0. The summed E-state index contributed by atoms with van der Waals surface area (Å²) in [6, 6.07) is 9.22. The molecular formula is C16H13ClN2O4. The Balaban J connectivity index is 1.81.